The van der Waals surface area contributed by atoms with Crippen LogP contribution in [-0.2, 0) is 37.3 Å². The van der Waals surface area contributed by atoms with Crippen molar-refractivity contribution in [1.82, 2.24) is 0 Å². The molecule has 1 radical (unpaired) electrons. The topological polar surface area (TPSA) is 159 Å². The van der Waals surface area contributed by atoms with Crippen LogP contribution in [0.2, 0.25) is 0 Å². The Morgan fingerprint density at radius 1 is 0.750 bits per heavy atom. The van der Waals surface area contributed by atoms with Gasteiger partial charge in [-0.25, -0.2) is 8.42 Å². The largest absolute Gasteiger partial charge is 2.00 e. The molecule has 0 bridgehead atoms. The first kappa shape index (κ1) is 23.8. The van der Waals surface area contributed by atoms with Crippen molar-refractivity contribution in [3.63, 3.8) is 0 Å². The maximum absolute atomic E-state index is 12.3. The van der Waals surface area contributed by atoms with Crippen LogP contribution >= 0.6 is 0 Å². The first-order valence-electron chi connectivity index (χ1n) is 8.67. The van der Waals surface area contributed by atoms with Gasteiger partial charge in [0, 0.05) is 16.2 Å². The molecule has 163 valence electrons. The van der Waals surface area contributed by atoms with Crippen molar-refractivity contribution in [3.8, 4) is 5.75 Å². The van der Waals surface area contributed by atoms with E-state index in [9.17, 15) is 31.0 Å². The van der Waals surface area contributed by atoms with Gasteiger partial charge in [0.15, 0.2) is 0 Å². The molecule has 0 heterocycles. The molecule has 0 fully saturated rings. The van der Waals surface area contributed by atoms with Gasteiger partial charge in [0.2, 0.25) is 0 Å². The summed E-state index contributed by atoms with van der Waals surface area (Å²) in [5, 5.41) is 20.8. The van der Waals surface area contributed by atoms with E-state index in [1.807, 2.05) is 0 Å². The zero-order valence-electron chi connectivity index (χ0n) is 15.8. The summed E-state index contributed by atoms with van der Waals surface area (Å²) in [5.41, 5.74) is -0.363. The van der Waals surface area contributed by atoms with Crippen molar-refractivity contribution in [3.05, 3.63) is 66.7 Å². The third-order valence-corrected chi connectivity index (χ3v) is 6.44. The smallest absolute Gasteiger partial charge is 0.871 e. The Bertz CT molecular complexity index is 1600. The van der Waals surface area contributed by atoms with Gasteiger partial charge < -0.3 is 9.66 Å². The molecule has 0 unspecified atom stereocenters. The van der Waals surface area contributed by atoms with E-state index < -0.39 is 35.8 Å². The van der Waals surface area contributed by atoms with Crippen LogP contribution in [0.1, 0.15) is 0 Å². The van der Waals surface area contributed by atoms with E-state index in [1.165, 1.54) is 24.3 Å². The van der Waals surface area contributed by atoms with Crippen molar-refractivity contribution in [1.29, 1.82) is 0 Å². The molecule has 1 N–H and O–H groups in total. The van der Waals surface area contributed by atoms with Crippen LogP contribution in [0.4, 0.5) is 11.4 Å². The second-order valence-electron chi connectivity index (χ2n) is 6.53. The standard InChI is InChI=1S/C20H14N2O7S2.Mn/c23-17-11-8-12-4-1-2-5-13(12)19(17)22-21-16-10-9-14-15(20(16)31(27,28)29)6-3-7-18(14)30(24,25)26;/h1-11,23H,(H,24,25,26)(H,27,28,29);/q;+2/p-2. The first-order chi connectivity index (χ1) is 14.6. The fourth-order valence-corrected chi connectivity index (χ4v) is 4.82. The Hall–Kier alpha value is -2.86. The maximum atomic E-state index is 12.3. The number of hydrogen-bond donors (Lipinski definition) is 1. The van der Waals surface area contributed by atoms with E-state index in [1.54, 1.807) is 30.3 Å². The van der Waals surface area contributed by atoms with Crippen LogP contribution in [0.25, 0.3) is 21.5 Å². The average molecular weight is 511 g/mol. The van der Waals surface area contributed by atoms with Gasteiger partial charge in [0.1, 0.15) is 20.7 Å². The Kier molecular flexibility index (Phi) is 6.38. The fraction of sp³-hybridized carbons (Fsp3) is 0. The predicted octanol–water partition coefficient (Wildman–Crippen LogP) is 3.63. The van der Waals surface area contributed by atoms with E-state index in [0.29, 0.717) is 5.39 Å². The van der Waals surface area contributed by atoms with Crippen molar-refractivity contribution >= 4 is 53.2 Å². The zero-order valence-corrected chi connectivity index (χ0v) is 18.6. The van der Waals surface area contributed by atoms with E-state index in [4.69, 9.17) is 0 Å². The Morgan fingerprint density at radius 3 is 2.12 bits per heavy atom. The minimum Gasteiger partial charge on any atom is -0.871 e. The van der Waals surface area contributed by atoms with Gasteiger partial charge in [0.05, 0.1) is 10.6 Å². The summed E-state index contributed by atoms with van der Waals surface area (Å²) in [6, 6.07) is 15.5. The number of nitrogens with zero attached hydrogens (tertiary/aromatic N) is 2. The van der Waals surface area contributed by atoms with Crippen molar-refractivity contribution < 1.29 is 48.1 Å². The number of azo groups is 1. The molecule has 0 saturated heterocycles. The van der Waals surface area contributed by atoms with Crippen LogP contribution in [0.5, 0.6) is 5.75 Å². The molecule has 4 aromatic rings. The van der Waals surface area contributed by atoms with Crippen molar-refractivity contribution in [2.24, 2.45) is 10.2 Å². The molecule has 12 heteroatoms. The minimum absolute atomic E-state index is 0. The number of fused-ring (bicyclic) bond motifs is 2. The summed E-state index contributed by atoms with van der Waals surface area (Å²) < 4.78 is 68.5. The molecule has 0 spiro atoms. The van der Waals surface area contributed by atoms with Crippen LogP contribution in [0, 0.1) is 0 Å². The Balaban J connectivity index is 0.00000289. The number of rotatable bonds is 4. The third-order valence-electron chi connectivity index (χ3n) is 4.60. The second-order valence-corrected chi connectivity index (χ2v) is 9.23. The fourth-order valence-electron chi connectivity index (χ4n) is 3.30. The van der Waals surface area contributed by atoms with Crippen molar-refractivity contribution in [2.45, 2.75) is 9.79 Å². The summed E-state index contributed by atoms with van der Waals surface area (Å²) in [7, 11) is -9.82. The maximum Gasteiger partial charge on any atom is 2.00 e. The molecule has 9 nitrogen and oxygen atoms in total. The molecule has 0 atom stereocenters. The molecule has 4 rings (SSSR count). The van der Waals surface area contributed by atoms with E-state index in [-0.39, 0.29) is 39.2 Å². The average Bonchev–Trinajstić information content (AvgIpc) is 2.70. The molecular formula is C20H12MnN2O7S2. The summed E-state index contributed by atoms with van der Waals surface area (Å²) in [4.78, 5) is -1.37. The zero-order chi connectivity index (χ0) is 22.4. The molecule has 0 aliphatic heterocycles. The summed E-state index contributed by atoms with van der Waals surface area (Å²) in [6.07, 6.45) is 0. The van der Waals surface area contributed by atoms with Gasteiger partial charge in [0.25, 0.3) is 10.1 Å². The van der Waals surface area contributed by atoms with Gasteiger partial charge in [-0.3, -0.25) is 4.55 Å². The van der Waals surface area contributed by atoms with Crippen LogP contribution in [0.15, 0.2) is 86.7 Å². The summed E-state index contributed by atoms with van der Waals surface area (Å²) >= 11 is 0. The monoisotopic (exact) mass is 511 g/mol. The van der Waals surface area contributed by atoms with Gasteiger partial charge in [-0.1, -0.05) is 60.3 Å². The molecule has 0 aliphatic carbocycles. The van der Waals surface area contributed by atoms with Crippen LogP contribution in [-0.4, -0.2) is 25.9 Å². The molecule has 0 aliphatic rings. The number of benzene rings is 4. The van der Waals surface area contributed by atoms with Gasteiger partial charge in [-0.05, 0) is 17.5 Å². The van der Waals surface area contributed by atoms with Gasteiger partial charge >= 0.3 is 17.1 Å². The van der Waals surface area contributed by atoms with Crippen molar-refractivity contribution in [2.75, 3.05) is 0 Å². The summed E-state index contributed by atoms with van der Waals surface area (Å²) in [6.45, 7) is 0. The molecule has 0 amide bonds. The van der Waals surface area contributed by atoms with Crippen LogP contribution in [0.3, 0.4) is 0 Å². The van der Waals surface area contributed by atoms with E-state index >= 15 is 0 Å². The SMILES string of the molecule is O=S(=O)([O-])c1cccc2c(S(=O)(=O)O)c(N=Nc3c([O-])ccc4ccccc34)ccc12.[Mn+2]. The van der Waals surface area contributed by atoms with E-state index in [0.717, 1.165) is 17.5 Å². The second kappa shape index (κ2) is 8.58. The molecular weight excluding hydrogens is 499 g/mol. The minimum atomic E-state index is -4.91. The number of hydrogen-bond acceptors (Lipinski definition) is 8. The predicted molar refractivity (Wildman–Crippen MR) is 109 cm³/mol. The third kappa shape index (κ3) is 4.37. The normalized spacial score (nSPS) is 12.3. The molecule has 32 heavy (non-hydrogen) atoms. The molecule has 0 aromatic heterocycles. The van der Waals surface area contributed by atoms with Crippen LogP contribution < -0.4 is 5.11 Å². The summed E-state index contributed by atoms with van der Waals surface area (Å²) in [5.74, 6) is -0.448. The molecule has 0 saturated carbocycles. The van der Waals surface area contributed by atoms with Gasteiger partial charge in [-0.15, -0.1) is 5.11 Å². The van der Waals surface area contributed by atoms with Gasteiger partial charge in [-0.2, -0.15) is 13.5 Å². The first-order valence-corrected chi connectivity index (χ1v) is 11.5. The molecule has 4 aromatic carbocycles. The van der Waals surface area contributed by atoms with E-state index in [2.05, 4.69) is 10.2 Å². The Morgan fingerprint density at radius 2 is 1.44 bits per heavy atom. The quantitative estimate of drug-likeness (QED) is 0.249. The Labute approximate surface area is 193 Å².